The van der Waals surface area contributed by atoms with E-state index in [0.717, 1.165) is 40.5 Å². The number of benzene rings is 3. The van der Waals surface area contributed by atoms with Crippen molar-refractivity contribution in [2.75, 3.05) is 20.2 Å². The number of piperidine rings is 1. The van der Waals surface area contributed by atoms with Crippen molar-refractivity contribution < 1.29 is 14.3 Å². The molecule has 1 fully saturated rings. The minimum absolute atomic E-state index is 0.0142. The second kappa shape index (κ2) is 9.21. The Morgan fingerprint density at radius 3 is 2.55 bits per heavy atom. The van der Waals surface area contributed by atoms with Crippen LogP contribution in [-0.4, -0.2) is 36.9 Å². The highest BCUT2D eigenvalue weighted by molar-refractivity contribution is 6.08. The van der Waals surface area contributed by atoms with E-state index in [1.807, 2.05) is 72.5 Å². The molecular weight excluding hydrogens is 388 g/mol. The Morgan fingerprint density at radius 1 is 1.03 bits per heavy atom. The van der Waals surface area contributed by atoms with Crippen LogP contribution in [0.2, 0.25) is 0 Å². The van der Waals surface area contributed by atoms with E-state index >= 15 is 0 Å². The lowest BCUT2D eigenvalue weighted by molar-refractivity contribution is -0.126. The highest BCUT2D eigenvalue weighted by atomic mass is 16.5. The van der Waals surface area contributed by atoms with Crippen LogP contribution in [0.25, 0.3) is 10.8 Å². The third kappa shape index (κ3) is 4.41. The molecule has 0 radical (unpaired) electrons. The van der Waals surface area contributed by atoms with E-state index in [1.165, 1.54) is 0 Å². The summed E-state index contributed by atoms with van der Waals surface area (Å²) in [5, 5.41) is 4.85. The molecule has 0 saturated carbocycles. The van der Waals surface area contributed by atoms with Crippen molar-refractivity contribution >= 4 is 22.6 Å². The Balaban J connectivity index is 1.47. The molecule has 0 aromatic heterocycles. The summed E-state index contributed by atoms with van der Waals surface area (Å²) in [5.74, 6) is 0.543. The Bertz CT molecular complexity index is 1110. The van der Waals surface area contributed by atoms with Gasteiger partial charge in [-0.25, -0.2) is 0 Å². The monoisotopic (exact) mass is 416 g/mol. The summed E-state index contributed by atoms with van der Waals surface area (Å²) in [6.45, 7) is 3.67. The molecule has 2 amide bonds. The van der Waals surface area contributed by atoms with Gasteiger partial charge in [0.25, 0.3) is 5.91 Å². The fourth-order valence-electron chi connectivity index (χ4n) is 4.32. The maximum Gasteiger partial charge on any atom is 0.254 e. The molecule has 3 aromatic carbocycles. The molecule has 4 rings (SSSR count). The van der Waals surface area contributed by atoms with Gasteiger partial charge in [-0.1, -0.05) is 48.5 Å². The molecule has 31 heavy (non-hydrogen) atoms. The molecule has 1 N–H and O–H groups in total. The zero-order valence-corrected chi connectivity index (χ0v) is 18.1. The van der Waals surface area contributed by atoms with Gasteiger partial charge in [0.2, 0.25) is 5.91 Å². The zero-order chi connectivity index (χ0) is 21.8. The van der Waals surface area contributed by atoms with Gasteiger partial charge in [-0.05, 0) is 48.4 Å². The first-order valence-corrected chi connectivity index (χ1v) is 10.8. The van der Waals surface area contributed by atoms with Gasteiger partial charge < -0.3 is 15.0 Å². The van der Waals surface area contributed by atoms with E-state index in [0.29, 0.717) is 25.2 Å². The molecule has 5 heteroatoms. The van der Waals surface area contributed by atoms with Crippen LogP contribution in [0.5, 0.6) is 5.75 Å². The molecule has 0 spiro atoms. The van der Waals surface area contributed by atoms with Crippen molar-refractivity contribution in [1.29, 1.82) is 0 Å². The summed E-state index contributed by atoms with van der Waals surface area (Å²) >= 11 is 0. The average molecular weight is 417 g/mol. The fraction of sp³-hybridized carbons (Fsp3) is 0.308. The fourth-order valence-corrected chi connectivity index (χ4v) is 4.32. The number of hydrogen-bond donors (Lipinski definition) is 1. The zero-order valence-electron chi connectivity index (χ0n) is 18.1. The first kappa shape index (κ1) is 20.9. The summed E-state index contributed by atoms with van der Waals surface area (Å²) in [4.78, 5) is 28.0. The van der Waals surface area contributed by atoms with Gasteiger partial charge in [0.15, 0.2) is 0 Å². The largest absolute Gasteiger partial charge is 0.496 e. The highest BCUT2D eigenvalue weighted by Crippen LogP contribution is 2.30. The number of rotatable bonds is 5. The summed E-state index contributed by atoms with van der Waals surface area (Å²) < 4.78 is 5.45. The van der Waals surface area contributed by atoms with Gasteiger partial charge in [0.1, 0.15) is 5.75 Å². The van der Waals surface area contributed by atoms with Crippen molar-refractivity contribution in [3.05, 3.63) is 77.4 Å². The van der Waals surface area contributed by atoms with Crippen molar-refractivity contribution in [3.8, 4) is 5.75 Å². The van der Waals surface area contributed by atoms with Crippen molar-refractivity contribution in [2.45, 2.75) is 26.3 Å². The van der Waals surface area contributed by atoms with Gasteiger partial charge >= 0.3 is 0 Å². The van der Waals surface area contributed by atoms with E-state index in [1.54, 1.807) is 7.11 Å². The number of likely N-dealkylation sites (tertiary alicyclic amines) is 1. The summed E-state index contributed by atoms with van der Waals surface area (Å²) in [7, 11) is 1.63. The lowest BCUT2D eigenvalue weighted by Crippen LogP contribution is -2.45. The van der Waals surface area contributed by atoms with Gasteiger partial charge in [-0.3, -0.25) is 9.59 Å². The smallest absolute Gasteiger partial charge is 0.254 e. The van der Waals surface area contributed by atoms with Gasteiger partial charge in [-0.15, -0.1) is 0 Å². The van der Waals surface area contributed by atoms with Crippen molar-refractivity contribution in [1.82, 2.24) is 10.2 Å². The van der Waals surface area contributed by atoms with Gasteiger partial charge in [-0.2, -0.15) is 0 Å². The van der Waals surface area contributed by atoms with Crippen molar-refractivity contribution in [2.24, 2.45) is 5.92 Å². The van der Waals surface area contributed by atoms with E-state index in [2.05, 4.69) is 5.32 Å². The third-order valence-corrected chi connectivity index (χ3v) is 6.13. The molecule has 1 aliphatic heterocycles. The molecule has 3 aromatic rings. The van der Waals surface area contributed by atoms with Gasteiger partial charge in [0.05, 0.1) is 13.0 Å². The minimum Gasteiger partial charge on any atom is -0.496 e. The number of methoxy groups -OCH3 is 1. The number of fused-ring (bicyclic) bond motifs is 1. The van der Waals surface area contributed by atoms with Crippen LogP contribution in [0.4, 0.5) is 0 Å². The quantitative estimate of drug-likeness (QED) is 0.674. The van der Waals surface area contributed by atoms with Crippen LogP contribution in [-0.2, 0) is 11.3 Å². The number of aryl methyl sites for hydroxylation is 1. The molecule has 160 valence electrons. The number of carbonyl (C=O) groups is 2. The highest BCUT2D eigenvalue weighted by Gasteiger charge is 2.29. The molecule has 0 aliphatic carbocycles. The van der Waals surface area contributed by atoms with E-state index in [4.69, 9.17) is 4.74 Å². The number of nitrogens with one attached hydrogen (secondary N) is 1. The average Bonchev–Trinajstić information content (AvgIpc) is 2.82. The van der Waals surface area contributed by atoms with Gasteiger partial charge in [0, 0.05) is 30.6 Å². The van der Waals surface area contributed by atoms with E-state index in [9.17, 15) is 9.59 Å². The second-order valence-corrected chi connectivity index (χ2v) is 8.10. The summed E-state index contributed by atoms with van der Waals surface area (Å²) in [5.41, 5.74) is 2.93. The van der Waals surface area contributed by atoms with Crippen LogP contribution in [0.3, 0.4) is 0 Å². The Labute approximate surface area is 183 Å². The lowest BCUT2D eigenvalue weighted by atomic mass is 9.95. The third-order valence-electron chi connectivity index (χ3n) is 6.13. The molecular formula is C26H28N2O3. The number of carbonyl (C=O) groups excluding carboxylic acids is 2. The second-order valence-electron chi connectivity index (χ2n) is 8.10. The molecule has 1 unspecified atom stereocenters. The van der Waals surface area contributed by atoms with Crippen LogP contribution in [0, 0.1) is 12.8 Å². The number of hydrogen-bond acceptors (Lipinski definition) is 3. The van der Waals surface area contributed by atoms with Crippen molar-refractivity contribution in [3.63, 3.8) is 0 Å². The summed E-state index contributed by atoms with van der Waals surface area (Å²) in [6.07, 6.45) is 1.62. The molecule has 1 saturated heterocycles. The number of ether oxygens (including phenoxy) is 1. The predicted octanol–water partition coefficient (Wildman–Crippen LogP) is 4.33. The first-order valence-electron chi connectivity index (χ1n) is 10.8. The molecule has 1 aliphatic rings. The SMILES string of the molecule is COc1ccc(C(=O)N2CCCC(C(=O)NCc3ccccc3C)C2)c2ccccc12. The topological polar surface area (TPSA) is 58.6 Å². The van der Waals surface area contributed by atoms with Crippen LogP contribution < -0.4 is 10.1 Å². The lowest BCUT2D eigenvalue weighted by Gasteiger charge is -2.32. The molecule has 1 atom stereocenters. The molecule has 5 nitrogen and oxygen atoms in total. The Morgan fingerprint density at radius 2 is 1.77 bits per heavy atom. The van der Waals surface area contributed by atoms with Crippen LogP contribution in [0.1, 0.15) is 34.3 Å². The van der Waals surface area contributed by atoms with E-state index in [-0.39, 0.29) is 17.7 Å². The van der Waals surface area contributed by atoms with Crippen LogP contribution in [0.15, 0.2) is 60.7 Å². The maximum absolute atomic E-state index is 13.4. The first-order chi connectivity index (χ1) is 15.1. The molecule has 0 bridgehead atoms. The maximum atomic E-state index is 13.4. The standard InChI is InChI=1S/C26H28N2O3/c1-18-8-3-4-9-19(18)16-27-25(29)20-10-7-15-28(17-20)26(30)23-13-14-24(31-2)22-12-6-5-11-21(22)23/h3-6,8-9,11-14,20H,7,10,15-17H2,1-2H3,(H,27,29). The Kier molecular flexibility index (Phi) is 6.21. The molecule has 1 heterocycles. The van der Waals surface area contributed by atoms with Crippen LogP contribution >= 0.6 is 0 Å². The number of nitrogens with zero attached hydrogens (tertiary/aromatic N) is 1. The number of amides is 2. The normalized spacial score (nSPS) is 16.2. The predicted molar refractivity (Wildman–Crippen MR) is 122 cm³/mol. The Hall–Kier alpha value is -3.34. The minimum atomic E-state index is -0.189. The van der Waals surface area contributed by atoms with E-state index < -0.39 is 0 Å². The summed E-state index contributed by atoms with van der Waals surface area (Å²) in [6, 6.07) is 19.5.